The van der Waals surface area contributed by atoms with Crippen molar-refractivity contribution in [3.8, 4) is 0 Å². The highest BCUT2D eigenvalue weighted by atomic mass is 32.2. The molecule has 0 heterocycles. The van der Waals surface area contributed by atoms with Crippen molar-refractivity contribution < 1.29 is 15.0 Å². The Kier molecular flexibility index (Phi) is 5.36. The zero-order valence-electron chi connectivity index (χ0n) is 7.99. The molecule has 0 amide bonds. The van der Waals surface area contributed by atoms with Crippen LogP contribution in [0, 0.1) is 0 Å². The lowest BCUT2D eigenvalue weighted by Gasteiger charge is -2.17. The molecule has 0 aliphatic carbocycles. The van der Waals surface area contributed by atoms with Crippen LogP contribution in [-0.2, 0) is 4.79 Å². The summed E-state index contributed by atoms with van der Waals surface area (Å²) in [4.78, 5) is 10.5. The van der Waals surface area contributed by atoms with Gasteiger partial charge in [-0.1, -0.05) is 0 Å². The van der Waals surface area contributed by atoms with E-state index < -0.39 is 11.6 Å². The summed E-state index contributed by atoms with van der Waals surface area (Å²) >= 11 is 1.41. The average molecular weight is 207 g/mol. The molecule has 2 unspecified atom stereocenters. The number of hydrogen-bond donors (Lipinski definition) is 3. The van der Waals surface area contributed by atoms with Crippen LogP contribution in [0.4, 0.5) is 0 Å². The number of aliphatic hydroxyl groups is 1. The van der Waals surface area contributed by atoms with Gasteiger partial charge < -0.3 is 15.9 Å². The molecule has 0 aromatic rings. The first-order valence-corrected chi connectivity index (χ1v) is 5.31. The molecule has 0 fully saturated rings. The second kappa shape index (κ2) is 5.47. The SMILES string of the molecule is CC(N)CCSCC(C)(O)C(=O)O. The Morgan fingerprint density at radius 2 is 2.23 bits per heavy atom. The highest BCUT2D eigenvalue weighted by molar-refractivity contribution is 7.99. The van der Waals surface area contributed by atoms with E-state index in [0.717, 1.165) is 12.2 Å². The lowest BCUT2D eigenvalue weighted by molar-refractivity contribution is -0.154. The maximum atomic E-state index is 10.5. The molecule has 0 aromatic heterocycles. The summed E-state index contributed by atoms with van der Waals surface area (Å²) in [6, 6.07) is 0.127. The Balaban J connectivity index is 3.58. The van der Waals surface area contributed by atoms with Gasteiger partial charge in [0.05, 0.1) is 0 Å². The zero-order valence-corrected chi connectivity index (χ0v) is 8.80. The highest BCUT2D eigenvalue weighted by Gasteiger charge is 2.29. The van der Waals surface area contributed by atoms with Crippen LogP contribution in [-0.4, -0.2) is 39.3 Å². The molecule has 0 rings (SSSR count). The number of hydrogen-bond acceptors (Lipinski definition) is 4. The van der Waals surface area contributed by atoms with E-state index in [4.69, 9.17) is 10.8 Å². The Bertz CT molecular complexity index is 171. The Hall–Kier alpha value is -0.260. The summed E-state index contributed by atoms with van der Waals surface area (Å²) in [6.45, 7) is 3.20. The van der Waals surface area contributed by atoms with Crippen LogP contribution < -0.4 is 5.73 Å². The molecular weight excluding hydrogens is 190 g/mol. The van der Waals surface area contributed by atoms with Crippen molar-refractivity contribution in [1.82, 2.24) is 0 Å². The van der Waals surface area contributed by atoms with Crippen LogP contribution in [0.3, 0.4) is 0 Å². The van der Waals surface area contributed by atoms with Crippen molar-refractivity contribution in [3.63, 3.8) is 0 Å². The molecule has 5 heteroatoms. The standard InChI is InChI=1S/C8H17NO3S/c1-6(9)3-4-13-5-8(2,12)7(10)11/h6,12H,3-5,9H2,1-2H3,(H,10,11). The van der Waals surface area contributed by atoms with Gasteiger partial charge >= 0.3 is 5.97 Å². The normalized spacial score (nSPS) is 17.8. The molecular formula is C8H17NO3S. The number of rotatable bonds is 6. The highest BCUT2D eigenvalue weighted by Crippen LogP contribution is 2.14. The lowest BCUT2D eigenvalue weighted by Crippen LogP contribution is -2.37. The van der Waals surface area contributed by atoms with Crippen LogP contribution in [0.2, 0.25) is 0 Å². The van der Waals surface area contributed by atoms with E-state index in [-0.39, 0.29) is 11.8 Å². The van der Waals surface area contributed by atoms with Gasteiger partial charge in [-0.2, -0.15) is 11.8 Å². The molecule has 0 aromatic carbocycles. The maximum absolute atomic E-state index is 10.5. The van der Waals surface area contributed by atoms with Crippen molar-refractivity contribution >= 4 is 17.7 Å². The summed E-state index contributed by atoms with van der Waals surface area (Å²) in [7, 11) is 0. The summed E-state index contributed by atoms with van der Waals surface area (Å²) in [6.07, 6.45) is 0.834. The largest absolute Gasteiger partial charge is 0.479 e. The molecule has 0 spiro atoms. The maximum Gasteiger partial charge on any atom is 0.336 e. The van der Waals surface area contributed by atoms with Gasteiger partial charge in [0.15, 0.2) is 5.60 Å². The first-order valence-electron chi connectivity index (χ1n) is 4.15. The Morgan fingerprint density at radius 1 is 1.69 bits per heavy atom. The molecule has 78 valence electrons. The fourth-order valence-corrected chi connectivity index (χ4v) is 1.81. The topological polar surface area (TPSA) is 83.5 Å². The minimum Gasteiger partial charge on any atom is -0.479 e. The van der Waals surface area contributed by atoms with Crippen molar-refractivity contribution in [2.75, 3.05) is 11.5 Å². The first kappa shape index (κ1) is 12.7. The molecule has 0 saturated carbocycles. The van der Waals surface area contributed by atoms with E-state index in [0.29, 0.717) is 0 Å². The molecule has 0 radical (unpaired) electrons. The molecule has 0 bridgehead atoms. The fourth-order valence-electron chi connectivity index (χ4n) is 0.602. The fraction of sp³-hybridized carbons (Fsp3) is 0.875. The van der Waals surface area contributed by atoms with Crippen LogP contribution in [0.15, 0.2) is 0 Å². The molecule has 0 aliphatic rings. The number of carboxylic acids is 1. The number of carbonyl (C=O) groups is 1. The minimum absolute atomic E-state index is 0.127. The predicted octanol–water partition coefficient (Wildman–Crippen LogP) is 0.293. The molecule has 2 atom stereocenters. The van der Waals surface area contributed by atoms with E-state index in [1.807, 2.05) is 6.92 Å². The zero-order chi connectivity index (χ0) is 10.5. The van der Waals surface area contributed by atoms with Crippen LogP contribution in [0.5, 0.6) is 0 Å². The van der Waals surface area contributed by atoms with Gasteiger partial charge in [0.25, 0.3) is 0 Å². The molecule has 4 nitrogen and oxygen atoms in total. The van der Waals surface area contributed by atoms with E-state index in [2.05, 4.69) is 0 Å². The van der Waals surface area contributed by atoms with E-state index in [9.17, 15) is 9.90 Å². The minimum atomic E-state index is -1.62. The quantitative estimate of drug-likeness (QED) is 0.545. The molecule has 0 aliphatic heterocycles. The number of aliphatic carboxylic acids is 1. The summed E-state index contributed by atoms with van der Waals surface area (Å²) in [5.41, 5.74) is 3.89. The third kappa shape index (κ3) is 5.90. The van der Waals surface area contributed by atoms with Gasteiger partial charge in [0.2, 0.25) is 0 Å². The van der Waals surface area contributed by atoms with Crippen molar-refractivity contribution in [3.05, 3.63) is 0 Å². The Morgan fingerprint density at radius 3 is 2.62 bits per heavy atom. The van der Waals surface area contributed by atoms with Crippen LogP contribution >= 0.6 is 11.8 Å². The summed E-state index contributed by atoms with van der Waals surface area (Å²) in [5.74, 6) is -0.198. The summed E-state index contributed by atoms with van der Waals surface area (Å²) in [5, 5.41) is 17.9. The van der Waals surface area contributed by atoms with E-state index in [1.54, 1.807) is 0 Å². The van der Waals surface area contributed by atoms with Gasteiger partial charge in [-0.05, 0) is 26.0 Å². The summed E-state index contributed by atoms with van der Waals surface area (Å²) < 4.78 is 0. The van der Waals surface area contributed by atoms with Gasteiger partial charge in [0.1, 0.15) is 0 Å². The lowest BCUT2D eigenvalue weighted by atomic mass is 10.1. The van der Waals surface area contributed by atoms with Crippen molar-refractivity contribution in [2.24, 2.45) is 5.73 Å². The average Bonchev–Trinajstić information content (AvgIpc) is 1.97. The predicted molar refractivity (Wildman–Crippen MR) is 53.9 cm³/mol. The van der Waals surface area contributed by atoms with Gasteiger partial charge in [-0.25, -0.2) is 4.79 Å². The van der Waals surface area contributed by atoms with Crippen LogP contribution in [0.25, 0.3) is 0 Å². The van der Waals surface area contributed by atoms with Crippen molar-refractivity contribution in [1.29, 1.82) is 0 Å². The van der Waals surface area contributed by atoms with Crippen molar-refractivity contribution in [2.45, 2.75) is 31.9 Å². The second-order valence-electron chi connectivity index (χ2n) is 3.40. The third-order valence-electron chi connectivity index (χ3n) is 1.56. The number of thioether (sulfide) groups is 1. The van der Waals surface area contributed by atoms with E-state index >= 15 is 0 Å². The molecule has 4 N–H and O–H groups in total. The molecule has 0 saturated heterocycles. The number of nitrogens with two attached hydrogens (primary N) is 1. The third-order valence-corrected chi connectivity index (χ3v) is 2.85. The Labute approximate surface area is 82.5 Å². The smallest absolute Gasteiger partial charge is 0.336 e. The van der Waals surface area contributed by atoms with Gasteiger partial charge in [0, 0.05) is 11.8 Å². The monoisotopic (exact) mass is 207 g/mol. The van der Waals surface area contributed by atoms with E-state index in [1.165, 1.54) is 18.7 Å². The molecule has 13 heavy (non-hydrogen) atoms. The number of carboxylic acid groups (broad SMARTS) is 1. The van der Waals surface area contributed by atoms with Crippen LogP contribution in [0.1, 0.15) is 20.3 Å². The first-order chi connectivity index (χ1) is 5.86. The van der Waals surface area contributed by atoms with Gasteiger partial charge in [-0.15, -0.1) is 0 Å². The van der Waals surface area contributed by atoms with Gasteiger partial charge in [-0.3, -0.25) is 0 Å². The second-order valence-corrected chi connectivity index (χ2v) is 4.50.